The lowest BCUT2D eigenvalue weighted by molar-refractivity contribution is 0.340. The van der Waals surface area contributed by atoms with Crippen LogP contribution < -0.4 is 10.1 Å². The van der Waals surface area contributed by atoms with E-state index in [1.807, 2.05) is 32.2 Å². The van der Waals surface area contributed by atoms with Gasteiger partial charge in [-0.05, 0) is 13.8 Å². The number of allylic oxidation sites excluding steroid dienone is 1. The van der Waals surface area contributed by atoms with E-state index in [9.17, 15) is 0 Å². The Balaban J connectivity index is 2.72. The molecule has 0 radical (unpaired) electrons. The number of rotatable bonds is 6. The van der Waals surface area contributed by atoms with Crippen molar-refractivity contribution in [3.05, 3.63) is 29.7 Å². The van der Waals surface area contributed by atoms with Gasteiger partial charge in [0.1, 0.15) is 12.4 Å². The molecule has 17 heavy (non-hydrogen) atoms. The van der Waals surface area contributed by atoms with Gasteiger partial charge in [0, 0.05) is 24.3 Å². The first-order chi connectivity index (χ1) is 8.13. The summed E-state index contributed by atoms with van der Waals surface area (Å²) in [7, 11) is 0. The van der Waals surface area contributed by atoms with Gasteiger partial charge in [0.15, 0.2) is 0 Å². The molecule has 0 bridgehead atoms. The summed E-state index contributed by atoms with van der Waals surface area (Å²) in [6.07, 6.45) is 5.74. The van der Waals surface area contributed by atoms with Crippen molar-refractivity contribution in [1.82, 2.24) is 15.3 Å². The molecule has 0 atom stereocenters. The monoisotopic (exact) mass is 235 g/mol. The molecule has 0 fully saturated rings. The second-order valence-corrected chi connectivity index (χ2v) is 4.16. The van der Waals surface area contributed by atoms with Crippen molar-refractivity contribution in [2.45, 2.75) is 40.3 Å². The Morgan fingerprint density at radius 3 is 2.88 bits per heavy atom. The summed E-state index contributed by atoms with van der Waals surface area (Å²) < 4.78 is 5.61. The van der Waals surface area contributed by atoms with Crippen LogP contribution in [0, 0.1) is 6.92 Å². The summed E-state index contributed by atoms with van der Waals surface area (Å²) in [5, 5.41) is 3.33. The Labute approximate surface area is 103 Å². The minimum atomic E-state index is 0.430. The van der Waals surface area contributed by atoms with E-state index in [-0.39, 0.29) is 0 Å². The first kappa shape index (κ1) is 13.6. The molecule has 0 saturated carbocycles. The largest absolute Gasteiger partial charge is 0.473 e. The van der Waals surface area contributed by atoms with Gasteiger partial charge in [0.25, 0.3) is 0 Å². The van der Waals surface area contributed by atoms with E-state index in [1.165, 1.54) is 0 Å². The highest BCUT2D eigenvalue weighted by Crippen LogP contribution is 2.14. The molecule has 0 aromatic carbocycles. The van der Waals surface area contributed by atoms with Gasteiger partial charge in [-0.15, -0.1) is 0 Å². The number of aromatic nitrogens is 2. The lowest BCUT2D eigenvalue weighted by Gasteiger charge is -2.12. The predicted octanol–water partition coefficient (Wildman–Crippen LogP) is 2.24. The predicted molar refractivity (Wildman–Crippen MR) is 69.1 cm³/mol. The van der Waals surface area contributed by atoms with Crippen molar-refractivity contribution in [3.8, 4) is 5.88 Å². The Bertz CT molecular complexity index is 375. The van der Waals surface area contributed by atoms with Crippen LogP contribution in [0.4, 0.5) is 0 Å². The Morgan fingerprint density at radius 2 is 2.24 bits per heavy atom. The Morgan fingerprint density at radius 1 is 1.47 bits per heavy atom. The minimum absolute atomic E-state index is 0.430. The maximum atomic E-state index is 5.61. The summed E-state index contributed by atoms with van der Waals surface area (Å²) in [5.41, 5.74) is 0.994. The Kier molecular flexibility index (Phi) is 5.63. The lowest BCUT2D eigenvalue weighted by atomic mass is 10.3. The number of nitrogens with one attached hydrogen (secondary N) is 1. The third-order valence-corrected chi connectivity index (χ3v) is 2.20. The molecule has 0 aliphatic heterocycles. The lowest BCUT2D eigenvalue weighted by Crippen LogP contribution is -2.22. The molecule has 1 heterocycles. The van der Waals surface area contributed by atoms with Crippen molar-refractivity contribution in [3.63, 3.8) is 0 Å². The normalized spacial score (nSPS) is 11.4. The molecule has 1 aromatic heterocycles. The number of nitrogens with zero attached hydrogens (tertiary/aromatic N) is 2. The van der Waals surface area contributed by atoms with E-state index >= 15 is 0 Å². The summed E-state index contributed by atoms with van der Waals surface area (Å²) >= 11 is 0. The van der Waals surface area contributed by atoms with Gasteiger partial charge in [-0.1, -0.05) is 26.0 Å². The van der Waals surface area contributed by atoms with Crippen LogP contribution in [0.3, 0.4) is 0 Å². The average molecular weight is 235 g/mol. The van der Waals surface area contributed by atoms with Gasteiger partial charge in [-0.2, -0.15) is 4.98 Å². The Hall–Kier alpha value is -1.42. The molecular formula is C13H21N3O. The molecule has 4 heteroatoms. The number of aryl methyl sites for hydroxylation is 1. The molecule has 0 aliphatic carbocycles. The fraction of sp³-hybridized carbons (Fsp3) is 0.538. The van der Waals surface area contributed by atoms with E-state index in [0.29, 0.717) is 18.5 Å². The zero-order valence-electron chi connectivity index (χ0n) is 11.0. The number of hydrogen-bond acceptors (Lipinski definition) is 4. The van der Waals surface area contributed by atoms with Gasteiger partial charge < -0.3 is 10.1 Å². The highest BCUT2D eigenvalue weighted by molar-refractivity contribution is 5.23. The van der Waals surface area contributed by atoms with Crippen LogP contribution in [0.15, 0.2) is 18.3 Å². The van der Waals surface area contributed by atoms with E-state index in [0.717, 1.165) is 17.9 Å². The molecule has 1 aromatic rings. The zero-order valence-corrected chi connectivity index (χ0v) is 11.0. The topological polar surface area (TPSA) is 47.0 Å². The van der Waals surface area contributed by atoms with Crippen LogP contribution in [0.1, 0.15) is 32.2 Å². The van der Waals surface area contributed by atoms with Gasteiger partial charge >= 0.3 is 0 Å². The molecule has 0 spiro atoms. The standard InChI is InChI=1S/C13H21N3O/c1-5-6-7-17-13-12(8-14-10(2)3)9-15-11(4)16-13/h5-6,9-10,14H,7-8H2,1-4H3/b6-5+. The molecule has 94 valence electrons. The van der Waals surface area contributed by atoms with E-state index in [1.54, 1.807) is 0 Å². The molecular weight excluding hydrogens is 214 g/mol. The van der Waals surface area contributed by atoms with E-state index in [4.69, 9.17) is 4.74 Å². The maximum Gasteiger partial charge on any atom is 0.221 e. The fourth-order valence-corrected chi connectivity index (χ4v) is 1.26. The highest BCUT2D eigenvalue weighted by atomic mass is 16.5. The minimum Gasteiger partial charge on any atom is -0.473 e. The highest BCUT2D eigenvalue weighted by Gasteiger charge is 2.07. The van der Waals surface area contributed by atoms with E-state index in [2.05, 4.69) is 29.1 Å². The quantitative estimate of drug-likeness (QED) is 0.768. The van der Waals surface area contributed by atoms with Crippen molar-refractivity contribution in [1.29, 1.82) is 0 Å². The van der Waals surface area contributed by atoms with Crippen LogP contribution in [0.5, 0.6) is 5.88 Å². The van der Waals surface area contributed by atoms with Crippen molar-refractivity contribution < 1.29 is 4.74 Å². The zero-order chi connectivity index (χ0) is 12.7. The average Bonchev–Trinajstić information content (AvgIpc) is 2.28. The molecule has 0 amide bonds. The van der Waals surface area contributed by atoms with Crippen molar-refractivity contribution in [2.75, 3.05) is 6.61 Å². The van der Waals surface area contributed by atoms with Crippen LogP contribution in [-0.2, 0) is 6.54 Å². The molecule has 1 rings (SSSR count). The second kappa shape index (κ2) is 7.01. The van der Waals surface area contributed by atoms with E-state index < -0.39 is 0 Å². The summed E-state index contributed by atoms with van der Waals surface area (Å²) in [6.45, 7) is 9.31. The third kappa shape index (κ3) is 4.95. The maximum absolute atomic E-state index is 5.61. The summed E-state index contributed by atoms with van der Waals surface area (Å²) in [5.74, 6) is 1.40. The summed E-state index contributed by atoms with van der Waals surface area (Å²) in [4.78, 5) is 8.51. The van der Waals surface area contributed by atoms with Crippen LogP contribution >= 0.6 is 0 Å². The fourth-order valence-electron chi connectivity index (χ4n) is 1.26. The molecule has 0 saturated heterocycles. The molecule has 1 N–H and O–H groups in total. The first-order valence-corrected chi connectivity index (χ1v) is 5.93. The smallest absolute Gasteiger partial charge is 0.221 e. The molecule has 4 nitrogen and oxygen atoms in total. The van der Waals surface area contributed by atoms with Gasteiger partial charge in [0.05, 0.1) is 0 Å². The van der Waals surface area contributed by atoms with Crippen molar-refractivity contribution in [2.24, 2.45) is 0 Å². The third-order valence-electron chi connectivity index (χ3n) is 2.20. The number of hydrogen-bond donors (Lipinski definition) is 1. The second-order valence-electron chi connectivity index (χ2n) is 4.16. The molecule has 0 unspecified atom stereocenters. The summed E-state index contributed by atoms with van der Waals surface area (Å²) in [6, 6.07) is 0.430. The van der Waals surface area contributed by atoms with Crippen LogP contribution in [0.2, 0.25) is 0 Å². The molecule has 0 aliphatic rings. The number of ether oxygens (including phenoxy) is 1. The van der Waals surface area contributed by atoms with Gasteiger partial charge in [0.2, 0.25) is 5.88 Å². The first-order valence-electron chi connectivity index (χ1n) is 5.93. The van der Waals surface area contributed by atoms with Crippen LogP contribution in [0.25, 0.3) is 0 Å². The SMILES string of the molecule is C/C=C/COc1nc(C)ncc1CNC(C)C. The van der Waals surface area contributed by atoms with Crippen LogP contribution in [-0.4, -0.2) is 22.6 Å². The van der Waals surface area contributed by atoms with Gasteiger partial charge in [-0.3, -0.25) is 0 Å². The van der Waals surface area contributed by atoms with Gasteiger partial charge in [-0.25, -0.2) is 4.98 Å². The van der Waals surface area contributed by atoms with Crippen molar-refractivity contribution >= 4 is 0 Å².